The Morgan fingerprint density at radius 1 is 1.03 bits per heavy atom. The van der Waals surface area contributed by atoms with E-state index in [1.807, 2.05) is 58.0 Å². The fourth-order valence-electron chi connectivity index (χ4n) is 2.55. The molecule has 0 amide bonds. The largest absolute Gasteiger partial charge is 0.494 e. The molecule has 0 heterocycles. The topological polar surface area (TPSA) is 45.0 Å². The molecule has 0 spiro atoms. The van der Waals surface area contributed by atoms with E-state index in [0.717, 1.165) is 43.0 Å². The number of anilines is 1. The van der Waals surface area contributed by atoms with Crippen molar-refractivity contribution in [3.63, 3.8) is 0 Å². The zero-order chi connectivity index (χ0) is 20.8. The molecule has 29 heavy (non-hydrogen) atoms. The van der Waals surface area contributed by atoms with Crippen molar-refractivity contribution in [2.75, 3.05) is 11.9 Å². The Bertz CT molecular complexity index is 728. The molecule has 2 rings (SSSR count). The molecule has 2 aromatic carbocycles. The van der Waals surface area contributed by atoms with Gasteiger partial charge in [0.05, 0.1) is 12.7 Å². The first-order valence-corrected chi connectivity index (χ1v) is 10.1. The molecule has 2 aromatic rings. The Hall–Kier alpha value is -2.73. The first-order chi connectivity index (χ1) is 13.5. The van der Waals surface area contributed by atoms with E-state index in [1.165, 1.54) is 5.56 Å². The number of nitrogens with zero attached hydrogens (tertiary/aromatic N) is 1. The van der Waals surface area contributed by atoms with Crippen LogP contribution in [0.1, 0.15) is 59.9 Å². The lowest BCUT2D eigenvalue weighted by atomic mass is 9.86. The van der Waals surface area contributed by atoms with Gasteiger partial charge in [-0.1, -0.05) is 72.0 Å². The van der Waals surface area contributed by atoms with Gasteiger partial charge in [-0.2, -0.15) is 5.26 Å². The van der Waals surface area contributed by atoms with Crippen molar-refractivity contribution in [2.45, 2.75) is 60.8 Å². The van der Waals surface area contributed by atoms with Gasteiger partial charge in [0.25, 0.3) is 0 Å². The normalized spacial score (nSPS) is 9.90. The molecule has 0 aliphatic carbocycles. The number of aryl methyl sites for hydroxylation is 1. The number of benzene rings is 2. The van der Waals surface area contributed by atoms with Gasteiger partial charge in [0.2, 0.25) is 0 Å². The van der Waals surface area contributed by atoms with Crippen molar-refractivity contribution < 1.29 is 4.74 Å². The van der Waals surface area contributed by atoms with Gasteiger partial charge in [-0.3, -0.25) is 0 Å². The second-order valence-electron chi connectivity index (χ2n) is 7.14. The molecular weight excluding hydrogens is 356 g/mol. The summed E-state index contributed by atoms with van der Waals surface area (Å²) in [6.07, 6.45) is 3.68. The van der Waals surface area contributed by atoms with E-state index < -0.39 is 0 Å². The highest BCUT2D eigenvalue weighted by Gasteiger charge is 2.21. The predicted molar refractivity (Wildman–Crippen MR) is 126 cm³/mol. The van der Waals surface area contributed by atoms with Crippen LogP contribution in [0.15, 0.2) is 66.9 Å². The molecule has 0 aromatic heterocycles. The zero-order valence-corrected chi connectivity index (χ0v) is 17.8. The van der Waals surface area contributed by atoms with Crippen molar-refractivity contribution in [1.29, 1.82) is 5.26 Å². The maximum Gasteiger partial charge on any atom is 0.119 e. The molecule has 3 nitrogen and oxygen atoms in total. The summed E-state index contributed by atoms with van der Waals surface area (Å²) < 4.78 is 5.82. The zero-order valence-electron chi connectivity index (χ0n) is 17.8. The van der Waals surface area contributed by atoms with Crippen LogP contribution in [0.4, 0.5) is 5.69 Å². The predicted octanol–water partition coefficient (Wildman–Crippen LogP) is 7.62. The molecule has 0 saturated carbocycles. The summed E-state index contributed by atoms with van der Waals surface area (Å²) in [5.41, 5.74) is 2.91. The quantitative estimate of drug-likeness (QED) is 0.422. The lowest BCUT2D eigenvalue weighted by Gasteiger charge is -2.25. The van der Waals surface area contributed by atoms with Gasteiger partial charge < -0.3 is 10.1 Å². The number of allylic oxidation sites excluding steroid dienone is 1. The van der Waals surface area contributed by atoms with Crippen molar-refractivity contribution in [1.82, 2.24) is 0 Å². The van der Waals surface area contributed by atoms with E-state index >= 15 is 0 Å². The molecule has 0 aliphatic heterocycles. The number of nitrogens with one attached hydrogen (secondary N) is 1. The first kappa shape index (κ1) is 26.3. The van der Waals surface area contributed by atoms with Gasteiger partial charge >= 0.3 is 0 Å². The van der Waals surface area contributed by atoms with E-state index in [1.54, 1.807) is 0 Å². The van der Waals surface area contributed by atoms with Crippen LogP contribution in [0.25, 0.3) is 0 Å². The van der Waals surface area contributed by atoms with E-state index in [0.29, 0.717) is 6.42 Å². The van der Waals surface area contributed by atoms with Crippen LogP contribution in [0.5, 0.6) is 5.75 Å². The molecule has 1 N–H and O–H groups in total. The average molecular weight is 395 g/mol. The van der Waals surface area contributed by atoms with Gasteiger partial charge in [-0.25, -0.2) is 0 Å². The maximum atomic E-state index is 8.90. The Labute approximate surface area is 178 Å². The molecule has 0 atom stereocenters. The highest BCUT2D eigenvalue weighted by molar-refractivity contribution is 5.51. The standard InChI is InChI=1S/C23H28N2O.C2H6.CH4/c1-19(23(2,3)16-17-24)25-21-12-14-22(15-13-21)26-18-8-7-11-20-9-5-4-6-10-20;1-2;/h4-6,9-10,12-15,25H,1,7-8,11,16,18H2,2-3H3;1-2H3;1H4. The number of hydrogen-bond acceptors (Lipinski definition) is 3. The fourth-order valence-corrected chi connectivity index (χ4v) is 2.55. The van der Waals surface area contributed by atoms with Crippen LogP contribution in [0, 0.1) is 16.7 Å². The monoisotopic (exact) mass is 394 g/mol. The molecule has 0 fully saturated rings. The lowest BCUT2D eigenvalue weighted by Crippen LogP contribution is -2.19. The minimum atomic E-state index is -0.261. The van der Waals surface area contributed by atoms with Crippen LogP contribution in [0.2, 0.25) is 0 Å². The Morgan fingerprint density at radius 2 is 1.66 bits per heavy atom. The second-order valence-corrected chi connectivity index (χ2v) is 7.14. The average Bonchev–Trinajstić information content (AvgIpc) is 2.71. The summed E-state index contributed by atoms with van der Waals surface area (Å²) in [7, 11) is 0. The van der Waals surface area contributed by atoms with Gasteiger partial charge in [0, 0.05) is 23.2 Å². The molecule has 0 unspecified atom stereocenters. The molecule has 0 radical (unpaired) electrons. The summed E-state index contributed by atoms with van der Waals surface area (Å²) in [5.74, 6) is 0.872. The van der Waals surface area contributed by atoms with Crippen molar-refractivity contribution >= 4 is 5.69 Å². The fraction of sp³-hybridized carbons (Fsp3) is 0.423. The van der Waals surface area contributed by atoms with E-state index in [9.17, 15) is 0 Å². The number of nitriles is 1. The van der Waals surface area contributed by atoms with E-state index in [-0.39, 0.29) is 12.8 Å². The molecular formula is C26H38N2O. The van der Waals surface area contributed by atoms with Crippen LogP contribution >= 0.6 is 0 Å². The highest BCUT2D eigenvalue weighted by atomic mass is 16.5. The third-order valence-electron chi connectivity index (χ3n) is 4.46. The van der Waals surface area contributed by atoms with Crippen molar-refractivity contribution in [3.8, 4) is 11.8 Å². The minimum absolute atomic E-state index is 0. The van der Waals surface area contributed by atoms with Gasteiger partial charge in [-0.15, -0.1) is 0 Å². The van der Waals surface area contributed by atoms with E-state index in [2.05, 4.69) is 42.2 Å². The number of ether oxygens (including phenoxy) is 1. The number of hydrogen-bond donors (Lipinski definition) is 1. The Morgan fingerprint density at radius 3 is 2.24 bits per heavy atom. The van der Waals surface area contributed by atoms with Crippen molar-refractivity contribution in [3.05, 3.63) is 72.4 Å². The number of unbranched alkanes of at least 4 members (excludes halogenated alkanes) is 1. The minimum Gasteiger partial charge on any atom is -0.494 e. The third kappa shape index (κ3) is 9.85. The van der Waals surface area contributed by atoms with Crippen LogP contribution < -0.4 is 10.1 Å². The third-order valence-corrected chi connectivity index (χ3v) is 4.46. The maximum absolute atomic E-state index is 8.90. The lowest BCUT2D eigenvalue weighted by molar-refractivity contribution is 0.307. The van der Waals surface area contributed by atoms with Gasteiger partial charge in [-0.05, 0) is 49.1 Å². The summed E-state index contributed by atoms with van der Waals surface area (Å²) in [6, 6.07) is 20.6. The van der Waals surface area contributed by atoms with Crippen LogP contribution in [0.3, 0.4) is 0 Å². The summed E-state index contributed by atoms with van der Waals surface area (Å²) in [4.78, 5) is 0. The van der Waals surface area contributed by atoms with Crippen molar-refractivity contribution in [2.24, 2.45) is 5.41 Å². The van der Waals surface area contributed by atoms with Crippen LogP contribution in [-0.4, -0.2) is 6.61 Å². The molecule has 3 heteroatoms. The SMILES string of the molecule is C.C=C(Nc1ccc(OCCCCc2ccccc2)cc1)C(C)(C)CC#N.CC. The second kappa shape index (κ2) is 14.3. The van der Waals surface area contributed by atoms with Gasteiger partial charge in [0.1, 0.15) is 5.75 Å². The summed E-state index contributed by atoms with van der Waals surface area (Å²) >= 11 is 0. The molecule has 0 aliphatic rings. The van der Waals surface area contributed by atoms with Crippen LogP contribution in [-0.2, 0) is 6.42 Å². The highest BCUT2D eigenvalue weighted by Crippen LogP contribution is 2.30. The Kier molecular flexibility index (Phi) is 12.9. The summed E-state index contributed by atoms with van der Waals surface area (Å²) in [5, 5.41) is 12.2. The van der Waals surface area contributed by atoms with E-state index in [4.69, 9.17) is 10.00 Å². The molecule has 158 valence electrons. The smallest absolute Gasteiger partial charge is 0.119 e. The Balaban J connectivity index is 0.00000253. The molecule has 0 saturated heterocycles. The number of rotatable bonds is 10. The van der Waals surface area contributed by atoms with Gasteiger partial charge in [0.15, 0.2) is 0 Å². The summed E-state index contributed by atoms with van der Waals surface area (Å²) in [6.45, 7) is 12.8. The first-order valence-electron chi connectivity index (χ1n) is 10.1. The molecule has 0 bridgehead atoms.